The van der Waals surface area contributed by atoms with Crippen molar-refractivity contribution in [3.8, 4) is 0 Å². The topological polar surface area (TPSA) is 81.5 Å². The minimum Gasteiger partial charge on any atom is -0.444 e. The Kier molecular flexibility index (Phi) is 6.06. The largest absolute Gasteiger partial charge is 0.444 e. The van der Waals surface area contributed by atoms with E-state index in [4.69, 9.17) is 4.74 Å². The van der Waals surface area contributed by atoms with Gasteiger partial charge in [0, 0.05) is 19.8 Å². The van der Waals surface area contributed by atoms with E-state index in [0.717, 1.165) is 10.9 Å². The maximum absolute atomic E-state index is 13.4. The first-order chi connectivity index (χ1) is 13.0. The van der Waals surface area contributed by atoms with E-state index in [1.165, 1.54) is 25.8 Å². The SMILES string of the molecule is Cn1cc(S(=O)(=O)C(C)(C)C2CCCCN2C(=O)OC(C)(C)C)c(C(F)(F)F)n1. The van der Waals surface area contributed by atoms with Crippen LogP contribution < -0.4 is 0 Å². The molecule has 0 aliphatic carbocycles. The quantitative estimate of drug-likeness (QED) is 0.716. The predicted molar refractivity (Wildman–Crippen MR) is 100 cm³/mol. The number of carbonyl (C=O) groups is 1. The molecule has 7 nitrogen and oxygen atoms in total. The van der Waals surface area contributed by atoms with Crippen LogP contribution in [0.1, 0.15) is 59.6 Å². The van der Waals surface area contributed by atoms with E-state index in [-0.39, 0.29) is 6.54 Å². The van der Waals surface area contributed by atoms with Crippen molar-refractivity contribution in [2.75, 3.05) is 6.54 Å². The van der Waals surface area contributed by atoms with E-state index in [0.29, 0.717) is 19.3 Å². The third-order valence-corrected chi connectivity index (χ3v) is 7.51. The second kappa shape index (κ2) is 7.48. The number of hydrogen-bond donors (Lipinski definition) is 0. The fourth-order valence-corrected chi connectivity index (χ4v) is 5.39. The summed E-state index contributed by atoms with van der Waals surface area (Å²) in [7, 11) is -3.26. The fourth-order valence-electron chi connectivity index (χ4n) is 3.52. The summed E-state index contributed by atoms with van der Waals surface area (Å²) in [6.07, 6.45) is -3.08. The molecule has 0 bridgehead atoms. The van der Waals surface area contributed by atoms with Crippen LogP contribution in [-0.4, -0.2) is 52.1 Å². The number of alkyl halides is 3. The minimum atomic E-state index is -4.92. The van der Waals surface area contributed by atoms with Crippen LogP contribution in [0.25, 0.3) is 0 Å². The number of sulfone groups is 1. The van der Waals surface area contributed by atoms with E-state index in [9.17, 15) is 26.4 Å². The van der Waals surface area contributed by atoms with E-state index >= 15 is 0 Å². The highest BCUT2D eigenvalue weighted by atomic mass is 32.2. The Balaban J connectivity index is 2.50. The maximum Gasteiger partial charge on any atom is 0.436 e. The smallest absolute Gasteiger partial charge is 0.436 e. The molecule has 1 aliphatic heterocycles. The molecule has 1 aliphatic rings. The monoisotopic (exact) mass is 439 g/mol. The Morgan fingerprint density at radius 3 is 2.28 bits per heavy atom. The summed E-state index contributed by atoms with van der Waals surface area (Å²) in [6, 6.07) is -0.836. The number of likely N-dealkylation sites (tertiary alicyclic amines) is 1. The molecule has 1 aromatic rings. The standard InChI is InChI=1S/C18H28F3N3O4S/c1-16(2,3)28-15(25)24-10-8-7-9-13(24)17(4,5)29(26,27)12-11-23(6)22-14(12)18(19,20)21/h11,13H,7-10H2,1-6H3. The van der Waals surface area contributed by atoms with Gasteiger partial charge in [-0.2, -0.15) is 18.3 Å². The van der Waals surface area contributed by atoms with Crippen molar-refractivity contribution in [2.24, 2.45) is 7.05 Å². The van der Waals surface area contributed by atoms with Gasteiger partial charge in [0.15, 0.2) is 15.5 Å². The summed E-state index contributed by atoms with van der Waals surface area (Å²) in [5.41, 5.74) is -2.23. The van der Waals surface area contributed by atoms with E-state index in [1.807, 2.05) is 0 Å². The van der Waals surface area contributed by atoms with Gasteiger partial charge in [-0.15, -0.1) is 0 Å². The molecular weight excluding hydrogens is 411 g/mol. The molecule has 1 fully saturated rings. The summed E-state index contributed by atoms with van der Waals surface area (Å²) >= 11 is 0. The molecule has 0 N–H and O–H groups in total. The number of rotatable bonds is 3. The van der Waals surface area contributed by atoms with Gasteiger partial charge in [-0.25, -0.2) is 13.2 Å². The van der Waals surface area contributed by atoms with Crippen LogP contribution in [0.5, 0.6) is 0 Å². The van der Waals surface area contributed by atoms with Crippen LogP contribution in [0.15, 0.2) is 11.1 Å². The van der Waals surface area contributed by atoms with Gasteiger partial charge < -0.3 is 9.64 Å². The van der Waals surface area contributed by atoms with Crippen molar-refractivity contribution in [1.29, 1.82) is 0 Å². The van der Waals surface area contributed by atoms with Gasteiger partial charge in [0.05, 0.1) is 10.8 Å². The molecule has 1 atom stereocenters. The molecule has 1 unspecified atom stereocenters. The molecule has 0 saturated carbocycles. The summed E-state index contributed by atoms with van der Waals surface area (Å²) in [5.74, 6) is 0. The van der Waals surface area contributed by atoms with Crippen LogP contribution in [0.4, 0.5) is 18.0 Å². The third kappa shape index (κ3) is 4.70. The molecule has 0 radical (unpaired) electrons. The third-order valence-electron chi connectivity index (χ3n) is 4.98. The number of halogens is 3. The molecule has 1 aromatic heterocycles. The first-order valence-electron chi connectivity index (χ1n) is 9.33. The highest BCUT2D eigenvalue weighted by Crippen LogP contribution is 2.40. The second-order valence-corrected chi connectivity index (χ2v) is 11.3. The second-order valence-electron chi connectivity index (χ2n) is 8.81. The van der Waals surface area contributed by atoms with Crippen molar-refractivity contribution in [2.45, 2.75) is 81.3 Å². The van der Waals surface area contributed by atoms with Crippen LogP contribution >= 0.6 is 0 Å². The number of amides is 1. The van der Waals surface area contributed by atoms with Gasteiger partial charge in [-0.05, 0) is 53.9 Å². The molecule has 1 amide bonds. The van der Waals surface area contributed by atoms with Crippen molar-refractivity contribution < 1.29 is 31.1 Å². The average molecular weight is 440 g/mol. The van der Waals surface area contributed by atoms with Crippen molar-refractivity contribution in [3.05, 3.63) is 11.9 Å². The average Bonchev–Trinajstić information content (AvgIpc) is 2.96. The summed E-state index contributed by atoms with van der Waals surface area (Å²) in [5, 5.41) is 3.32. The Morgan fingerprint density at radius 1 is 1.17 bits per heavy atom. The number of piperidine rings is 1. The van der Waals surface area contributed by atoms with Gasteiger partial charge in [0.25, 0.3) is 0 Å². The van der Waals surface area contributed by atoms with Gasteiger partial charge in [0.1, 0.15) is 10.5 Å². The molecule has 0 spiro atoms. The normalized spacial score (nSPS) is 19.3. The molecule has 11 heteroatoms. The van der Waals surface area contributed by atoms with Crippen molar-refractivity contribution in [1.82, 2.24) is 14.7 Å². The lowest BCUT2D eigenvalue weighted by Gasteiger charge is -2.44. The maximum atomic E-state index is 13.4. The first-order valence-corrected chi connectivity index (χ1v) is 10.8. The summed E-state index contributed by atoms with van der Waals surface area (Å²) in [4.78, 5) is 13.1. The molecule has 166 valence electrons. The molecular formula is C18H28F3N3O4S. The zero-order valence-electron chi connectivity index (χ0n) is 17.5. The Bertz CT molecular complexity index is 870. The van der Waals surface area contributed by atoms with E-state index in [1.54, 1.807) is 20.8 Å². The van der Waals surface area contributed by atoms with Gasteiger partial charge >= 0.3 is 12.3 Å². The lowest BCUT2D eigenvalue weighted by molar-refractivity contribution is -0.143. The molecule has 1 saturated heterocycles. The molecule has 0 aromatic carbocycles. The zero-order valence-corrected chi connectivity index (χ0v) is 18.3. The molecule has 2 heterocycles. The minimum absolute atomic E-state index is 0.275. The van der Waals surface area contributed by atoms with Gasteiger partial charge in [0.2, 0.25) is 0 Å². The zero-order chi connectivity index (χ0) is 22.4. The van der Waals surface area contributed by atoms with E-state index < -0.39 is 49.1 Å². The summed E-state index contributed by atoms with van der Waals surface area (Å²) in [6.45, 7) is 8.05. The van der Waals surface area contributed by atoms with Crippen molar-refractivity contribution >= 4 is 15.9 Å². The highest BCUT2D eigenvalue weighted by Gasteiger charge is 2.52. The van der Waals surface area contributed by atoms with E-state index in [2.05, 4.69) is 5.10 Å². The first kappa shape index (κ1) is 23.5. The molecule has 2 rings (SSSR count). The number of hydrogen-bond acceptors (Lipinski definition) is 5. The fraction of sp³-hybridized carbons (Fsp3) is 0.778. The van der Waals surface area contributed by atoms with Crippen LogP contribution in [-0.2, 0) is 27.8 Å². The Morgan fingerprint density at radius 2 is 1.76 bits per heavy atom. The van der Waals surface area contributed by atoms with Gasteiger partial charge in [-0.3, -0.25) is 4.68 Å². The molecule has 29 heavy (non-hydrogen) atoms. The summed E-state index contributed by atoms with van der Waals surface area (Å²) < 4.78 is 71.4. The number of ether oxygens (including phenoxy) is 1. The Labute approximate surface area is 169 Å². The predicted octanol–water partition coefficient (Wildman–Crippen LogP) is 3.78. The van der Waals surface area contributed by atoms with Crippen molar-refractivity contribution in [3.63, 3.8) is 0 Å². The van der Waals surface area contributed by atoms with Crippen LogP contribution in [0, 0.1) is 0 Å². The van der Waals surface area contributed by atoms with Crippen LogP contribution in [0.2, 0.25) is 0 Å². The highest BCUT2D eigenvalue weighted by molar-refractivity contribution is 7.93. The lowest BCUT2D eigenvalue weighted by Crippen LogP contribution is -2.58. The van der Waals surface area contributed by atoms with Crippen LogP contribution in [0.3, 0.4) is 0 Å². The Hall–Kier alpha value is -1.78. The number of nitrogens with zero attached hydrogens (tertiary/aromatic N) is 3. The number of aromatic nitrogens is 2. The number of carbonyl (C=O) groups excluding carboxylic acids is 1. The van der Waals surface area contributed by atoms with Gasteiger partial charge in [-0.1, -0.05) is 0 Å². The number of aryl methyl sites for hydroxylation is 1. The lowest BCUT2D eigenvalue weighted by atomic mass is 9.92.